The van der Waals surface area contributed by atoms with Crippen molar-refractivity contribution in [1.29, 1.82) is 0 Å². The highest BCUT2D eigenvalue weighted by Crippen LogP contribution is 1.94. The van der Waals surface area contributed by atoms with Gasteiger partial charge in [-0.1, -0.05) is 42.1 Å². The van der Waals surface area contributed by atoms with Crippen LogP contribution in [-0.2, 0) is 0 Å². The monoisotopic (exact) mass is 131 g/mol. The molecule has 0 bridgehead atoms. The lowest BCUT2D eigenvalue weighted by atomic mass is 10.2. The van der Waals surface area contributed by atoms with Gasteiger partial charge in [-0.15, -0.1) is 0 Å². The van der Waals surface area contributed by atoms with E-state index in [-0.39, 0.29) is 0 Å². The van der Waals surface area contributed by atoms with E-state index in [0.29, 0.717) is 0 Å². The number of benzene rings is 1. The molecule has 1 aromatic carbocycles. The summed E-state index contributed by atoms with van der Waals surface area (Å²) < 4.78 is 0. The smallest absolute Gasteiger partial charge is 0.0720 e. The summed E-state index contributed by atoms with van der Waals surface area (Å²) in [7, 11) is 3.43. The maximum Gasteiger partial charge on any atom is 0.0720 e. The molecule has 0 fully saturated rings. The predicted octanol–water partition coefficient (Wildman–Crippen LogP) is 1.12. The van der Waals surface area contributed by atoms with Crippen molar-refractivity contribution >= 4 is 21.5 Å². The third-order valence-electron chi connectivity index (χ3n) is 1.18. The molecule has 0 N–H and O–H groups in total. The van der Waals surface area contributed by atoms with Crippen molar-refractivity contribution in [2.45, 2.75) is 0 Å². The Kier molecular flexibility index (Phi) is 1.85. The van der Waals surface area contributed by atoms with Gasteiger partial charge in [0, 0.05) is 0 Å². The molecule has 0 atom stereocenters. The summed E-state index contributed by atoms with van der Waals surface area (Å²) in [5.74, 6) is 0. The van der Waals surface area contributed by atoms with Gasteiger partial charge in [-0.05, 0) is 5.56 Å². The Bertz CT molecular complexity index is 216. The quantitative estimate of drug-likeness (QED) is 0.501. The van der Waals surface area contributed by atoms with E-state index in [1.54, 1.807) is 0 Å². The summed E-state index contributed by atoms with van der Waals surface area (Å²) in [4.78, 5) is 0. The van der Waals surface area contributed by atoms with E-state index in [1.807, 2.05) is 30.3 Å². The van der Waals surface area contributed by atoms with Crippen molar-refractivity contribution in [2.75, 3.05) is 0 Å². The lowest BCUT2D eigenvalue weighted by Crippen LogP contribution is -2.04. The number of hydrogen-bond donors (Lipinski definition) is 0. The van der Waals surface area contributed by atoms with Crippen LogP contribution in [0.3, 0.4) is 0 Å². The van der Waals surface area contributed by atoms with Gasteiger partial charge in [-0.25, -0.2) is 0 Å². The van der Waals surface area contributed by atoms with Crippen LogP contribution in [0.5, 0.6) is 0 Å². The standard InChI is InChI=1S/C8H7Si/c1-2-7-5-3-4-6-8(7)9/h2-6H,1H2. The third-order valence-corrected chi connectivity index (χ3v) is 1.64. The zero-order valence-electron chi connectivity index (χ0n) is 5.09. The van der Waals surface area contributed by atoms with Crippen molar-refractivity contribution in [1.82, 2.24) is 0 Å². The summed E-state index contributed by atoms with van der Waals surface area (Å²) in [6.45, 7) is 3.66. The van der Waals surface area contributed by atoms with Gasteiger partial charge < -0.3 is 0 Å². The van der Waals surface area contributed by atoms with Crippen molar-refractivity contribution in [3.05, 3.63) is 36.4 Å². The molecule has 1 aromatic rings. The molecule has 3 radical (unpaired) electrons. The molecular weight excluding hydrogens is 124 g/mol. The van der Waals surface area contributed by atoms with E-state index in [0.717, 1.165) is 10.8 Å². The molecule has 1 heteroatoms. The Morgan fingerprint density at radius 2 is 2.00 bits per heavy atom. The van der Waals surface area contributed by atoms with Crippen molar-refractivity contribution < 1.29 is 0 Å². The molecule has 0 saturated heterocycles. The lowest BCUT2D eigenvalue weighted by Gasteiger charge is -1.95. The van der Waals surface area contributed by atoms with Crippen LogP contribution in [0.4, 0.5) is 0 Å². The first-order valence-corrected chi connectivity index (χ1v) is 3.27. The second kappa shape index (κ2) is 2.64. The van der Waals surface area contributed by atoms with Gasteiger partial charge in [0.05, 0.1) is 10.2 Å². The number of rotatable bonds is 1. The Balaban J connectivity index is 3.15. The van der Waals surface area contributed by atoms with Gasteiger partial charge in [-0.2, -0.15) is 0 Å². The average Bonchev–Trinajstić information content (AvgIpc) is 1.89. The molecule has 0 aliphatic carbocycles. The van der Waals surface area contributed by atoms with Crippen LogP contribution >= 0.6 is 0 Å². The molecule has 0 aromatic heterocycles. The minimum atomic E-state index is 1.09. The summed E-state index contributed by atoms with van der Waals surface area (Å²) in [6, 6.07) is 7.97. The third kappa shape index (κ3) is 1.30. The van der Waals surface area contributed by atoms with E-state index >= 15 is 0 Å². The van der Waals surface area contributed by atoms with Gasteiger partial charge >= 0.3 is 0 Å². The van der Waals surface area contributed by atoms with E-state index in [2.05, 4.69) is 16.8 Å². The zero-order chi connectivity index (χ0) is 6.69. The van der Waals surface area contributed by atoms with Gasteiger partial charge in [0.1, 0.15) is 0 Å². The molecule has 1 rings (SSSR count). The summed E-state index contributed by atoms with van der Waals surface area (Å²) in [5.41, 5.74) is 1.13. The summed E-state index contributed by atoms with van der Waals surface area (Å²) >= 11 is 0. The second-order valence-electron chi connectivity index (χ2n) is 1.79. The van der Waals surface area contributed by atoms with Crippen LogP contribution in [0.1, 0.15) is 5.56 Å². The van der Waals surface area contributed by atoms with Gasteiger partial charge in [0.25, 0.3) is 0 Å². The van der Waals surface area contributed by atoms with Crippen LogP contribution in [-0.4, -0.2) is 10.2 Å². The van der Waals surface area contributed by atoms with Crippen LogP contribution in [0.15, 0.2) is 30.8 Å². The molecule has 9 heavy (non-hydrogen) atoms. The summed E-state index contributed by atoms with van der Waals surface area (Å²) in [5, 5.41) is 1.09. The molecule has 0 heterocycles. The highest BCUT2D eigenvalue weighted by Gasteiger charge is 1.86. The molecule has 0 nitrogen and oxygen atoms in total. The van der Waals surface area contributed by atoms with Crippen molar-refractivity contribution in [3.8, 4) is 0 Å². The minimum Gasteiger partial charge on any atom is -0.0985 e. The summed E-state index contributed by atoms with van der Waals surface area (Å²) in [6.07, 6.45) is 1.82. The topological polar surface area (TPSA) is 0 Å². The highest BCUT2D eigenvalue weighted by molar-refractivity contribution is 6.34. The fraction of sp³-hybridized carbons (Fsp3) is 0. The molecule has 0 amide bonds. The first kappa shape index (κ1) is 6.30. The Morgan fingerprint density at radius 3 is 2.44 bits per heavy atom. The minimum absolute atomic E-state index is 1.09. The van der Waals surface area contributed by atoms with E-state index in [9.17, 15) is 0 Å². The largest absolute Gasteiger partial charge is 0.0985 e. The maximum absolute atomic E-state index is 3.66. The fourth-order valence-electron chi connectivity index (χ4n) is 0.675. The Morgan fingerprint density at radius 1 is 1.33 bits per heavy atom. The van der Waals surface area contributed by atoms with Crippen LogP contribution in [0.25, 0.3) is 6.08 Å². The first-order chi connectivity index (χ1) is 4.34. The van der Waals surface area contributed by atoms with Crippen molar-refractivity contribution in [3.63, 3.8) is 0 Å². The zero-order valence-corrected chi connectivity index (χ0v) is 6.09. The predicted molar refractivity (Wildman–Crippen MR) is 41.9 cm³/mol. The maximum atomic E-state index is 3.66. The second-order valence-corrected chi connectivity index (χ2v) is 2.33. The van der Waals surface area contributed by atoms with Gasteiger partial charge in [0.2, 0.25) is 0 Å². The normalized spacial score (nSPS) is 9.00. The fourth-order valence-corrected chi connectivity index (χ4v) is 0.957. The Hall–Kier alpha value is -0.823. The lowest BCUT2D eigenvalue weighted by molar-refractivity contribution is 1.72. The van der Waals surface area contributed by atoms with Gasteiger partial charge in [0.15, 0.2) is 0 Å². The molecule has 0 saturated carbocycles. The van der Waals surface area contributed by atoms with E-state index in [1.165, 1.54) is 0 Å². The van der Waals surface area contributed by atoms with Gasteiger partial charge in [-0.3, -0.25) is 0 Å². The molecule has 0 aliphatic rings. The highest BCUT2D eigenvalue weighted by atomic mass is 28.1. The van der Waals surface area contributed by atoms with Crippen LogP contribution < -0.4 is 5.19 Å². The molecule has 0 aliphatic heterocycles. The van der Waals surface area contributed by atoms with Crippen LogP contribution in [0, 0.1) is 0 Å². The Labute approximate surface area is 58.6 Å². The molecule has 43 valence electrons. The first-order valence-electron chi connectivity index (χ1n) is 2.77. The van der Waals surface area contributed by atoms with E-state index in [4.69, 9.17) is 0 Å². The SMILES string of the molecule is C=Cc1ccccc1[Si]. The molecular formula is C8H7Si. The van der Waals surface area contributed by atoms with Crippen molar-refractivity contribution in [2.24, 2.45) is 0 Å². The van der Waals surface area contributed by atoms with Crippen LogP contribution in [0.2, 0.25) is 0 Å². The number of hydrogen-bond acceptors (Lipinski definition) is 0. The van der Waals surface area contributed by atoms with E-state index < -0.39 is 0 Å². The average molecular weight is 131 g/mol. The molecule has 0 unspecified atom stereocenters. The molecule has 0 spiro atoms.